The van der Waals surface area contributed by atoms with Gasteiger partial charge in [-0.3, -0.25) is 4.79 Å². The van der Waals surface area contributed by atoms with Crippen molar-refractivity contribution in [2.45, 2.75) is 6.92 Å². The highest BCUT2D eigenvalue weighted by Crippen LogP contribution is 2.39. The molecule has 0 fully saturated rings. The Labute approximate surface area is 76.8 Å². The average Bonchev–Trinajstić information content (AvgIpc) is 2.39. The van der Waals surface area contributed by atoms with E-state index >= 15 is 0 Å². The van der Waals surface area contributed by atoms with Crippen LogP contribution >= 0.6 is 0 Å². The predicted molar refractivity (Wildman–Crippen MR) is 45.9 cm³/mol. The Hall–Kier alpha value is -0.870. The van der Waals surface area contributed by atoms with Gasteiger partial charge in [-0.1, -0.05) is 0 Å². The van der Waals surface area contributed by atoms with Crippen LogP contribution in [-0.2, 0) is 9.53 Å². The van der Waals surface area contributed by atoms with Gasteiger partial charge in [0.2, 0.25) is 0 Å². The lowest BCUT2D eigenvalue weighted by atomic mass is 9.79. The number of aliphatic hydroxyl groups is 2. The standard InChI is InChI=1S/C9H14O4/c1-9(5-11)6(4-10)7(13-2)3-8(9)12/h3,6,10-11H,4-5H2,1-2H3/t6-,9-/m0/s1. The van der Waals surface area contributed by atoms with Crippen LogP contribution < -0.4 is 0 Å². The number of aliphatic hydroxyl groups excluding tert-OH is 2. The molecule has 2 N–H and O–H groups in total. The number of carbonyl (C=O) groups excluding carboxylic acids is 1. The minimum Gasteiger partial charge on any atom is -0.501 e. The molecule has 4 heteroatoms. The van der Waals surface area contributed by atoms with E-state index < -0.39 is 11.3 Å². The fraction of sp³-hybridized carbons (Fsp3) is 0.667. The molecule has 74 valence electrons. The lowest BCUT2D eigenvalue weighted by molar-refractivity contribution is -0.127. The summed E-state index contributed by atoms with van der Waals surface area (Å²) in [5.74, 6) is -0.162. The van der Waals surface area contributed by atoms with Crippen LogP contribution in [0, 0.1) is 11.3 Å². The van der Waals surface area contributed by atoms with Crippen LogP contribution in [-0.4, -0.2) is 36.3 Å². The van der Waals surface area contributed by atoms with Gasteiger partial charge in [-0.05, 0) is 6.92 Å². The number of ether oxygens (including phenoxy) is 1. The molecule has 0 spiro atoms. The Morgan fingerprint density at radius 2 is 2.23 bits per heavy atom. The van der Waals surface area contributed by atoms with E-state index in [0.717, 1.165) is 0 Å². The Morgan fingerprint density at radius 1 is 1.62 bits per heavy atom. The molecule has 1 rings (SSSR count). The molecule has 0 radical (unpaired) electrons. The molecular formula is C9H14O4. The Morgan fingerprint density at radius 3 is 2.62 bits per heavy atom. The summed E-state index contributed by atoms with van der Waals surface area (Å²) >= 11 is 0. The molecule has 13 heavy (non-hydrogen) atoms. The maximum atomic E-state index is 11.4. The van der Waals surface area contributed by atoms with Crippen LogP contribution in [0.1, 0.15) is 6.92 Å². The van der Waals surface area contributed by atoms with Gasteiger partial charge < -0.3 is 14.9 Å². The van der Waals surface area contributed by atoms with Crippen molar-refractivity contribution in [1.29, 1.82) is 0 Å². The fourth-order valence-electron chi connectivity index (χ4n) is 1.56. The van der Waals surface area contributed by atoms with Crippen LogP contribution in [0.4, 0.5) is 0 Å². The smallest absolute Gasteiger partial charge is 0.168 e. The predicted octanol–water partition coefficient (Wildman–Crippen LogP) is -0.293. The first-order valence-corrected chi connectivity index (χ1v) is 4.12. The van der Waals surface area contributed by atoms with Crippen molar-refractivity contribution in [2.75, 3.05) is 20.3 Å². The van der Waals surface area contributed by atoms with E-state index in [-0.39, 0.29) is 19.0 Å². The van der Waals surface area contributed by atoms with Crippen molar-refractivity contribution in [3.63, 3.8) is 0 Å². The summed E-state index contributed by atoms with van der Waals surface area (Å²) in [7, 11) is 1.45. The SMILES string of the molecule is COC1=CC(=O)[C@@](C)(CO)[C@H]1CO. The molecular weight excluding hydrogens is 172 g/mol. The molecule has 4 nitrogen and oxygen atoms in total. The summed E-state index contributed by atoms with van der Waals surface area (Å²) in [6, 6.07) is 0. The van der Waals surface area contributed by atoms with E-state index in [0.29, 0.717) is 5.76 Å². The molecule has 0 heterocycles. The summed E-state index contributed by atoms with van der Waals surface area (Å²) in [6.45, 7) is 1.15. The van der Waals surface area contributed by atoms with Crippen molar-refractivity contribution < 1.29 is 19.7 Å². The molecule has 0 saturated carbocycles. The summed E-state index contributed by atoms with van der Waals surface area (Å²) in [4.78, 5) is 11.4. The summed E-state index contributed by atoms with van der Waals surface area (Å²) in [6.07, 6.45) is 1.34. The molecule has 0 bridgehead atoms. The first-order valence-electron chi connectivity index (χ1n) is 4.12. The van der Waals surface area contributed by atoms with Crippen LogP contribution in [0.3, 0.4) is 0 Å². The van der Waals surface area contributed by atoms with Crippen molar-refractivity contribution in [2.24, 2.45) is 11.3 Å². The molecule has 1 aliphatic rings. The van der Waals surface area contributed by atoms with Gasteiger partial charge in [0.1, 0.15) is 5.76 Å². The second kappa shape index (κ2) is 3.47. The highest BCUT2D eigenvalue weighted by atomic mass is 16.5. The fourth-order valence-corrected chi connectivity index (χ4v) is 1.56. The topological polar surface area (TPSA) is 66.8 Å². The number of methoxy groups -OCH3 is 1. The molecule has 0 unspecified atom stereocenters. The first kappa shape index (κ1) is 10.2. The third-order valence-corrected chi connectivity index (χ3v) is 2.70. The molecule has 0 amide bonds. The van der Waals surface area contributed by atoms with E-state index in [1.165, 1.54) is 13.2 Å². The summed E-state index contributed by atoms with van der Waals surface area (Å²) in [5, 5.41) is 18.2. The zero-order chi connectivity index (χ0) is 10.1. The highest BCUT2D eigenvalue weighted by Gasteiger charge is 2.47. The maximum absolute atomic E-state index is 11.4. The monoisotopic (exact) mass is 186 g/mol. The van der Waals surface area contributed by atoms with Gasteiger partial charge in [0.05, 0.1) is 31.7 Å². The van der Waals surface area contributed by atoms with Crippen LogP contribution in [0.5, 0.6) is 0 Å². The normalized spacial score (nSPS) is 33.4. The van der Waals surface area contributed by atoms with E-state index in [2.05, 4.69) is 0 Å². The molecule has 0 aromatic carbocycles. The summed E-state index contributed by atoms with van der Waals surface area (Å²) < 4.78 is 4.95. The van der Waals surface area contributed by atoms with Crippen molar-refractivity contribution in [1.82, 2.24) is 0 Å². The largest absolute Gasteiger partial charge is 0.501 e. The second-order valence-electron chi connectivity index (χ2n) is 3.43. The van der Waals surface area contributed by atoms with Crippen molar-refractivity contribution in [3.05, 3.63) is 11.8 Å². The van der Waals surface area contributed by atoms with E-state index in [4.69, 9.17) is 14.9 Å². The van der Waals surface area contributed by atoms with E-state index in [1.54, 1.807) is 6.92 Å². The highest BCUT2D eigenvalue weighted by molar-refractivity contribution is 5.98. The number of allylic oxidation sites excluding steroid dienone is 1. The van der Waals surface area contributed by atoms with Gasteiger partial charge in [0.25, 0.3) is 0 Å². The number of ketones is 1. The zero-order valence-corrected chi connectivity index (χ0v) is 7.78. The van der Waals surface area contributed by atoms with Gasteiger partial charge in [-0.25, -0.2) is 0 Å². The summed E-state index contributed by atoms with van der Waals surface area (Å²) in [5.41, 5.74) is -0.917. The molecule has 0 saturated heterocycles. The van der Waals surface area contributed by atoms with Gasteiger partial charge >= 0.3 is 0 Å². The number of rotatable bonds is 3. The Bertz CT molecular complexity index is 246. The first-order chi connectivity index (χ1) is 6.10. The van der Waals surface area contributed by atoms with Crippen molar-refractivity contribution >= 4 is 5.78 Å². The molecule has 2 atom stereocenters. The quantitative estimate of drug-likeness (QED) is 0.635. The molecule has 0 aliphatic heterocycles. The van der Waals surface area contributed by atoms with Crippen LogP contribution in [0.15, 0.2) is 11.8 Å². The number of carbonyl (C=O) groups is 1. The third kappa shape index (κ3) is 1.36. The zero-order valence-electron chi connectivity index (χ0n) is 7.78. The van der Waals surface area contributed by atoms with Gasteiger partial charge in [0.15, 0.2) is 5.78 Å². The Balaban J connectivity index is 2.98. The molecule has 0 aromatic heterocycles. The van der Waals surface area contributed by atoms with Crippen LogP contribution in [0.25, 0.3) is 0 Å². The minimum absolute atomic E-state index is 0.189. The second-order valence-corrected chi connectivity index (χ2v) is 3.43. The van der Waals surface area contributed by atoms with Gasteiger partial charge in [-0.2, -0.15) is 0 Å². The van der Waals surface area contributed by atoms with Crippen molar-refractivity contribution in [3.8, 4) is 0 Å². The van der Waals surface area contributed by atoms with Gasteiger partial charge in [0, 0.05) is 6.08 Å². The van der Waals surface area contributed by atoms with Gasteiger partial charge in [-0.15, -0.1) is 0 Å². The number of hydrogen-bond donors (Lipinski definition) is 2. The number of hydrogen-bond acceptors (Lipinski definition) is 4. The Kier molecular flexibility index (Phi) is 2.73. The minimum atomic E-state index is -0.917. The lowest BCUT2D eigenvalue weighted by Gasteiger charge is -2.27. The maximum Gasteiger partial charge on any atom is 0.168 e. The lowest BCUT2D eigenvalue weighted by Crippen LogP contribution is -2.36. The molecule has 0 aromatic rings. The van der Waals surface area contributed by atoms with E-state index in [1.807, 2.05) is 0 Å². The van der Waals surface area contributed by atoms with E-state index in [9.17, 15) is 4.79 Å². The van der Waals surface area contributed by atoms with Crippen LogP contribution in [0.2, 0.25) is 0 Å². The third-order valence-electron chi connectivity index (χ3n) is 2.70. The molecule has 1 aliphatic carbocycles. The average molecular weight is 186 g/mol.